The lowest BCUT2D eigenvalue weighted by Crippen LogP contribution is -2.35. The molecule has 0 atom stereocenters. The van der Waals surface area contributed by atoms with E-state index >= 15 is 0 Å². The molecule has 0 aliphatic carbocycles. The minimum atomic E-state index is -0.321. The third kappa shape index (κ3) is 5.41. The molecule has 1 aromatic heterocycles. The Balaban J connectivity index is 1.95. The van der Waals surface area contributed by atoms with Gasteiger partial charge in [0.2, 0.25) is 0 Å². The van der Waals surface area contributed by atoms with Crippen LogP contribution >= 0.6 is 27.3 Å². The van der Waals surface area contributed by atoms with Crippen molar-refractivity contribution in [3.05, 3.63) is 50.4 Å². The number of benzene rings is 1. The fourth-order valence-electron chi connectivity index (χ4n) is 1.72. The zero-order valence-electron chi connectivity index (χ0n) is 12.4. The van der Waals surface area contributed by atoms with Crippen molar-refractivity contribution in [2.45, 2.75) is 39.5 Å². The van der Waals surface area contributed by atoms with Crippen LogP contribution in [-0.2, 0) is 13.2 Å². The van der Waals surface area contributed by atoms with Crippen molar-refractivity contribution in [1.29, 1.82) is 0 Å². The summed E-state index contributed by atoms with van der Waals surface area (Å²) in [5.74, 6) is -0.0298. The highest BCUT2D eigenvalue weighted by Crippen LogP contribution is 2.24. The molecule has 0 aliphatic rings. The second-order valence-corrected chi connectivity index (χ2v) is 7.80. The van der Waals surface area contributed by atoms with E-state index in [-0.39, 0.29) is 11.4 Å². The van der Waals surface area contributed by atoms with Crippen LogP contribution in [0.4, 0.5) is 4.39 Å². The number of ether oxygens (including phenoxy) is 1. The number of thiophene rings is 1. The molecule has 1 N–H and O–H groups in total. The smallest absolute Gasteiger partial charge is 0.165 e. The summed E-state index contributed by atoms with van der Waals surface area (Å²) in [4.78, 5) is 1.06. The van der Waals surface area contributed by atoms with Gasteiger partial charge in [-0.25, -0.2) is 4.39 Å². The zero-order valence-corrected chi connectivity index (χ0v) is 14.8. The number of rotatable bonds is 5. The van der Waals surface area contributed by atoms with Crippen LogP contribution in [0.25, 0.3) is 0 Å². The molecule has 114 valence electrons. The Bertz CT molecular complexity index is 607. The molecule has 1 heterocycles. The number of hydrogen-bond acceptors (Lipinski definition) is 3. The summed E-state index contributed by atoms with van der Waals surface area (Å²) in [6.45, 7) is 7.27. The standard InChI is InChI=1S/C16H19BrFNOS/c1-16(2,3)19-8-11-4-5-15(14(18)6-11)20-9-13-7-12(17)10-21-13/h4-7,10,19H,8-9H2,1-3H3. The summed E-state index contributed by atoms with van der Waals surface area (Å²) in [5, 5.41) is 5.32. The molecular weight excluding hydrogens is 353 g/mol. The zero-order chi connectivity index (χ0) is 15.5. The Labute approximate surface area is 137 Å². The molecule has 2 aromatic rings. The average molecular weight is 372 g/mol. The first-order chi connectivity index (χ1) is 9.83. The Hall–Kier alpha value is -0.910. The van der Waals surface area contributed by atoms with Gasteiger partial charge in [0.05, 0.1) is 0 Å². The summed E-state index contributed by atoms with van der Waals surface area (Å²) in [6, 6.07) is 7.09. The van der Waals surface area contributed by atoms with Crippen LogP contribution in [0, 0.1) is 5.82 Å². The van der Waals surface area contributed by atoms with Gasteiger partial charge in [-0.1, -0.05) is 6.07 Å². The molecule has 0 fully saturated rings. The van der Waals surface area contributed by atoms with Gasteiger partial charge in [-0.3, -0.25) is 0 Å². The van der Waals surface area contributed by atoms with Crippen LogP contribution in [-0.4, -0.2) is 5.54 Å². The first-order valence-electron chi connectivity index (χ1n) is 6.73. The molecule has 0 amide bonds. The van der Waals surface area contributed by atoms with Crippen molar-refractivity contribution in [2.24, 2.45) is 0 Å². The van der Waals surface area contributed by atoms with Gasteiger partial charge in [0.15, 0.2) is 11.6 Å². The van der Waals surface area contributed by atoms with Crippen LogP contribution < -0.4 is 10.1 Å². The third-order valence-electron chi connectivity index (χ3n) is 2.81. The molecule has 2 rings (SSSR count). The summed E-state index contributed by atoms with van der Waals surface area (Å²) in [7, 11) is 0. The van der Waals surface area contributed by atoms with Gasteiger partial charge in [0, 0.05) is 26.8 Å². The van der Waals surface area contributed by atoms with Gasteiger partial charge < -0.3 is 10.1 Å². The van der Waals surface area contributed by atoms with Gasteiger partial charge in [0.25, 0.3) is 0 Å². The maximum atomic E-state index is 14.0. The molecule has 0 saturated heterocycles. The Morgan fingerprint density at radius 3 is 2.62 bits per heavy atom. The minimum absolute atomic E-state index is 0.0121. The third-order valence-corrected chi connectivity index (χ3v) is 4.48. The average Bonchev–Trinajstić information content (AvgIpc) is 2.80. The lowest BCUT2D eigenvalue weighted by molar-refractivity contribution is 0.293. The molecule has 1 aromatic carbocycles. The van der Waals surface area contributed by atoms with Gasteiger partial charge in [0.1, 0.15) is 6.61 Å². The van der Waals surface area contributed by atoms with Crippen molar-refractivity contribution < 1.29 is 9.13 Å². The number of nitrogens with one attached hydrogen (secondary N) is 1. The number of hydrogen-bond donors (Lipinski definition) is 1. The van der Waals surface area contributed by atoms with E-state index in [9.17, 15) is 4.39 Å². The number of halogens is 2. The van der Waals surface area contributed by atoms with E-state index in [4.69, 9.17) is 4.74 Å². The molecular formula is C16H19BrFNOS. The highest BCUT2D eigenvalue weighted by Gasteiger charge is 2.10. The van der Waals surface area contributed by atoms with E-state index in [1.165, 1.54) is 6.07 Å². The lowest BCUT2D eigenvalue weighted by Gasteiger charge is -2.20. The highest BCUT2D eigenvalue weighted by atomic mass is 79.9. The second-order valence-electron chi connectivity index (χ2n) is 5.89. The molecule has 0 spiro atoms. The fraction of sp³-hybridized carbons (Fsp3) is 0.375. The molecule has 0 unspecified atom stereocenters. The Morgan fingerprint density at radius 2 is 2.05 bits per heavy atom. The largest absolute Gasteiger partial charge is 0.485 e. The molecule has 2 nitrogen and oxygen atoms in total. The summed E-state index contributed by atoms with van der Waals surface area (Å²) >= 11 is 4.97. The van der Waals surface area contributed by atoms with Crippen molar-refractivity contribution in [2.75, 3.05) is 0 Å². The van der Waals surface area contributed by atoms with Gasteiger partial charge in [-0.15, -0.1) is 11.3 Å². The summed E-state index contributed by atoms with van der Waals surface area (Å²) < 4.78 is 20.6. The Kier molecular flexibility index (Phi) is 5.41. The highest BCUT2D eigenvalue weighted by molar-refractivity contribution is 9.10. The first kappa shape index (κ1) is 16.5. The van der Waals surface area contributed by atoms with E-state index in [2.05, 4.69) is 42.0 Å². The minimum Gasteiger partial charge on any atom is -0.485 e. The second kappa shape index (κ2) is 6.90. The monoisotopic (exact) mass is 371 g/mol. The van der Waals surface area contributed by atoms with Gasteiger partial charge in [-0.05, 0) is 60.5 Å². The summed E-state index contributed by atoms with van der Waals surface area (Å²) in [5.41, 5.74) is 0.923. The summed E-state index contributed by atoms with van der Waals surface area (Å²) in [6.07, 6.45) is 0. The van der Waals surface area contributed by atoms with Crippen molar-refractivity contribution in [3.63, 3.8) is 0 Å². The predicted octanol–water partition coefficient (Wildman–Crippen LogP) is 5.12. The molecule has 0 saturated carbocycles. The first-order valence-corrected chi connectivity index (χ1v) is 8.40. The van der Waals surface area contributed by atoms with E-state index in [1.807, 2.05) is 17.5 Å². The fourth-order valence-corrected chi connectivity index (χ4v) is 3.08. The Morgan fingerprint density at radius 1 is 1.29 bits per heavy atom. The van der Waals surface area contributed by atoms with Crippen molar-refractivity contribution >= 4 is 27.3 Å². The van der Waals surface area contributed by atoms with Gasteiger partial charge in [-0.2, -0.15) is 0 Å². The molecule has 21 heavy (non-hydrogen) atoms. The topological polar surface area (TPSA) is 21.3 Å². The van der Waals surface area contributed by atoms with Crippen LogP contribution in [0.15, 0.2) is 34.1 Å². The quantitative estimate of drug-likeness (QED) is 0.787. The van der Waals surface area contributed by atoms with E-state index < -0.39 is 0 Å². The SMILES string of the molecule is CC(C)(C)NCc1ccc(OCc2cc(Br)cs2)c(F)c1. The van der Waals surface area contributed by atoms with Crippen LogP contribution in [0.3, 0.4) is 0 Å². The maximum Gasteiger partial charge on any atom is 0.165 e. The van der Waals surface area contributed by atoms with Crippen molar-refractivity contribution in [1.82, 2.24) is 5.32 Å². The molecule has 0 bridgehead atoms. The normalized spacial score (nSPS) is 11.7. The van der Waals surface area contributed by atoms with Crippen LogP contribution in [0.5, 0.6) is 5.75 Å². The molecule has 0 aliphatic heterocycles. The predicted molar refractivity (Wildman–Crippen MR) is 89.3 cm³/mol. The lowest BCUT2D eigenvalue weighted by atomic mass is 10.1. The van der Waals surface area contributed by atoms with Crippen LogP contribution in [0.2, 0.25) is 0 Å². The van der Waals surface area contributed by atoms with Gasteiger partial charge >= 0.3 is 0 Å². The van der Waals surface area contributed by atoms with E-state index in [0.717, 1.165) is 14.9 Å². The maximum absolute atomic E-state index is 14.0. The molecule has 0 radical (unpaired) electrons. The van der Waals surface area contributed by atoms with E-state index in [1.54, 1.807) is 17.4 Å². The van der Waals surface area contributed by atoms with Crippen molar-refractivity contribution in [3.8, 4) is 5.75 Å². The molecule has 5 heteroatoms. The van der Waals surface area contributed by atoms with E-state index in [0.29, 0.717) is 18.9 Å². The van der Waals surface area contributed by atoms with Crippen LogP contribution in [0.1, 0.15) is 31.2 Å².